The van der Waals surface area contributed by atoms with Crippen molar-refractivity contribution in [2.45, 2.75) is 0 Å². The minimum absolute atomic E-state index is 0.556. The molecule has 0 fully saturated rings. The molecule has 0 amide bonds. The lowest BCUT2D eigenvalue weighted by atomic mass is 9.92. The quantitative estimate of drug-likeness (QED) is 0.200. The van der Waals surface area contributed by atoms with Crippen LogP contribution < -0.4 is 4.74 Å². The Hall–Kier alpha value is -5.23. The molecule has 5 aromatic carbocycles. The predicted molar refractivity (Wildman–Crippen MR) is 151 cm³/mol. The number of hydrogen-bond acceptors (Lipinski definition) is 5. The van der Waals surface area contributed by atoms with Gasteiger partial charge in [-0.15, -0.1) is 0 Å². The molecule has 180 valence electrons. The van der Waals surface area contributed by atoms with E-state index < -0.39 is 0 Å². The minimum atomic E-state index is 0.556. The molecule has 0 saturated carbocycles. The minimum Gasteiger partial charge on any atom is -0.497 e. The van der Waals surface area contributed by atoms with Gasteiger partial charge in [-0.2, -0.15) is 5.10 Å². The smallest absolute Gasteiger partial charge is 0.227 e. The van der Waals surface area contributed by atoms with Crippen LogP contribution in [-0.4, -0.2) is 27.3 Å². The number of benzene rings is 5. The van der Waals surface area contributed by atoms with E-state index in [1.807, 2.05) is 54.7 Å². The van der Waals surface area contributed by atoms with Gasteiger partial charge in [0.1, 0.15) is 11.3 Å². The van der Waals surface area contributed by atoms with Gasteiger partial charge < -0.3 is 9.15 Å². The Morgan fingerprint density at radius 1 is 0.684 bits per heavy atom. The summed E-state index contributed by atoms with van der Waals surface area (Å²) in [6, 6.07) is 30.6. The van der Waals surface area contributed by atoms with Crippen LogP contribution in [0.5, 0.6) is 5.75 Å². The average molecular weight is 493 g/mol. The van der Waals surface area contributed by atoms with Crippen molar-refractivity contribution < 1.29 is 9.15 Å². The van der Waals surface area contributed by atoms with E-state index in [0.29, 0.717) is 5.89 Å². The Kier molecular flexibility index (Phi) is 4.34. The Morgan fingerprint density at radius 2 is 1.45 bits per heavy atom. The monoisotopic (exact) mass is 492 g/mol. The van der Waals surface area contributed by atoms with Gasteiger partial charge in [0.25, 0.3) is 0 Å². The molecule has 6 heteroatoms. The van der Waals surface area contributed by atoms with Gasteiger partial charge in [0, 0.05) is 32.7 Å². The van der Waals surface area contributed by atoms with Crippen LogP contribution in [0.3, 0.4) is 0 Å². The van der Waals surface area contributed by atoms with Crippen molar-refractivity contribution in [3.63, 3.8) is 0 Å². The molecule has 0 atom stereocenters. The molecular weight excluding hydrogens is 472 g/mol. The Bertz CT molecular complexity index is 2160. The van der Waals surface area contributed by atoms with Gasteiger partial charge in [-0.3, -0.25) is 5.10 Å². The molecule has 8 aromatic rings. The molecule has 0 aliphatic rings. The standard InChI is InChI=1S/C32H20N4O2/c1-37-20-13-11-19(12-14-20)32-35-30-22-10-6-5-9-21(22)29-28(31(30)38-32)26(18-7-3-2-4-8-18)27-23-17-33-36-24(23)15-16-25(27)34-29/h2-17H,1H3,(H,33,36). The van der Waals surface area contributed by atoms with E-state index in [4.69, 9.17) is 19.1 Å². The largest absolute Gasteiger partial charge is 0.497 e. The Labute approximate surface area is 216 Å². The highest BCUT2D eigenvalue weighted by Gasteiger charge is 2.23. The number of ether oxygens (including phenoxy) is 1. The summed E-state index contributed by atoms with van der Waals surface area (Å²) in [5, 5.41) is 12.5. The second kappa shape index (κ2) is 7.88. The number of aromatic nitrogens is 4. The molecule has 0 aliphatic carbocycles. The van der Waals surface area contributed by atoms with Crippen LogP contribution in [0.4, 0.5) is 0 Å². The number of fused-ring (bicyclic) bond motifs is 9. The van der Waals surface area contributed by atoms with E-state index in [2.05, 4.69) is 52.7 Å². The predicted octanol–water partition coefficient (Wildman–Crippen LogP) is 7.90. The number of rotatable bonds is 3. The zero-order valence-corrected chi connectivity index (χ0v) is 20.4. The highest BCUT2D eigenvalue weighted by atomic mass is 16.5. The maximum Gasteiger partial charge on any atom is 0.227 e. The second-order valence-electron chi connectivity index (χ2n) is 9.34. The van der Waals surface area contributed by atoms with Gasteiger partial charge in [-0.1, -0.05) is 54.6 Å². The van der Waals surface area contributed by atoms with E-state index in [0.717, 1.165) is 77.0 Å². The Balaban J connectivity index is 1.61. The highest BCUT2D eigenvalue weighted by Crippen LogP contribution is 2.45. The lowest BCUT2D eigenvalue weighted by Gasteiger charge is -2.14. The topological polar surface area (TPSA) is 76.8 Å². The number of methoxy groups -OCH3 is 1. The summed E-state index contributed by atoms with van der Waals surface area (Å²) < 4.78 is 12.0. The molecular formula is C32H20N4O2. The van der Waals surface area contributed by atoms with Crippen LogP contribution >= 0.6 is 0 Å². The zero-order valence-electron chi connectivity index (χ0n) is 20.4. The highest BCUT2D eigenvalue weighted by molar-refractivity contribution is 6.30. The number of H-pyrrole nitrogens is 1. The first-order valence-electron chi connectivity index (χ1n) is 12.4. The molecule has 0 radical (unpaired) electrons. The van der Waals surface area contributed by atoms with Crippen molar-refractivity contribution in [2.24, 2.45) is 0 Å². The van der Waals surface area contributed by atoms with E-state index in [9.17, 15) is 0 Å². The normalized spacial score (nSPS) is 11.8. The fourth-order valence-corrected chi connectivity index (χ4v) is 5.52. The van der Waals surface area contributed by atoms with Crippen LogP contribution in [0, 0.1) is 0 Å². The van der Waals surface area contributed by atoms with Crippen molar-refractivity contribution >= 4 is 54.6 Å². The number of pyridine rings is 1. The Morgan fingerprint density at radius 3 is 2.24 bits per heavy atom. The first-order chi connectivity index (χ1) is 18.8. The van der Waals surface area contributed by atoms with Gasteiger partial charge in [0.2, 0.25) is 5.89 Å². The number of nitrogens with one attached hydrogen (secondary N) is 1. The third-order valence-electron chi connectivity index (χ3n) is 7.26. The summed E-state index contributed by atoms with van der Waals surface area (Å²) in [5.41, 5.74) is 7.32. The average Bonchev–Trinajstić information content (AvgIpc) is 3.65. The molecule has 0 bridgehead atoms. The zero-order chi connectivity index (χ0) is 25.2. The van der Waals surface area contributed by atoms with Gasteiger partial charge in [-0.25, -0.2) is 9.97 Å². The number of oxazole rings is 1. The molecule has 8 rings (SSSR count). The molecule has 0 aliphatic heterocycles. The van der Waals surface area contributed by atoms with Crippen molar-refractivity contribution in [2.75, 3.05) is 7.11 Å². The van der Waals surface area contributed by atoms with Crippen molar-refractivity contribution in [3.05, 3.63) is 97.2 Å². The summed E-state index contributed by atoms with van der Waals surface area (Å²) in [6.07, 6.45) is 1.87. The summed E-state index contributed by atoms with van der Waals surface area (Å²) in [4.78, 5) is 10.3. The maximum absolute atomic E-state index is 6.64. The van der Waals surface area contributed by atoms with Crippen LogP contribution in [0.15, 0.2) is 102 Å². The SMILES string of the molecule is COc1ccc(-c2nc3c4ccccc4c4nc5ccc6[nH]ncc6c5c(-c5ccccc5)c4c3o2)cc1. The molecule has 6 nitrogen and oxygen atoms in total. The molecule has 3 heterocycles. The summed E-state index contributed by atoms with van der Waals surface area (Å²) >= 11 is 0. The van der Waals surface area contributed by atoms with Crippen LogP contribution in [-0.2, 0) is 0 Å². The van der Waals surface area contributed by atoms with Gasteiger partial charge in [0.15, 0.2) is 5.58 Å². The summed E-state index contributed by atoms with van der Waals surface area (Å²) in [7, 11) is 1.66. The van der Waals surface area contributed by atoms with E-state index in [1.54, 1.807) is 7.11 Å². The molecule has 0 saturated heterocycles. The first-order valence-corrected chi connectivity index (χ1v) is 12.4. The lowest BCUT2D eigenvalue weighted by molar-refractivity contribution is 0.415. The number of aromatic amines is 1. The van der Waals surface area contributed by atoms with Crippen LogP contribution in [0.25, 0.3) is 77.2 Å². The first kappa shape index (κ1) is 20.9. The van der Waals surface area contributed by atoms with Gasteiger partial charge in [-0.05, 0) is 42.0 Å². The van der Waals surface area contributed by atoms with Crippen LogP contribution in [0.1, 0.15) is 0 Å². The third kappa shape index (κ3) is 2.91. The summed E-state index contributed by atoms with van der Waals surface area (Å²) in [5.74, 6) is 1.34. The maximum atomic E-state index is 6.64. The molecule has 0 spiro atoms. The number of nitrogens with zero attached hydrogens (tertiary/aromatic N) is 3. The van der Waals surface area contributed by atoms with E-state index in [1.165, 1.54) is 0 Å². The molecule has 3 aromatic heterocycles. The third-order valence-corrected chi connectivity index (χ3v) is 7.26. The van der Waals surface area contributed by atoms with E-state index >= 15 is 0 Å². The van der Waals surface area contributed by atoms with Crippen LogP contribution in [0.2, 0.25) is 0 Å². The molecule has 1 N–H and O–H groups in total. The van der Waals surface area contributed by atoms with Gasteiger partial charge in [0.05, 0.1) is 35.2 Å². The fraction of sp³-hybridized carbons (Fsp3) is 0.0312. The van der Waals surface area contributed by atoms with Gasteiger partial charge >= 0.3 is 0 Å². The number of hydrogen-bond donors (Lipinski definition) is 1. The lowest BCUT2D eigenvalue weighted by Crippen LogP contribution is -1.92. The molecule has 0 unspecified atom stereocenters. The van der Waals surface area contributed by atoms with Crippen molar-refractivity contribution in [3.8, 4) is 28.3 Å². The fourth-order valence-electron chi connectivity index (χ4n) is 5.52. The van der Waals surface area contributed by atoms with Crippen molar-refractivity contribution in [1.82, 2.24) is 20.2 Å². The summed E-state index contributed by atoms with van der Waals surface area (Å²) in [6.45, 7) is 0. The van der Waals surface area contributed by atoms with E-state index in [-0.39, 0.29) is 0 Å². The molecule has 38 heavy (non-hydrogen) atoms. The van der Waals surface area contributed by atoms with Crippen molar-refractivity contribution in [1.29, 1.82) is 0 Å². The second-order valence-corrected chi connectivity index (χ2v) is 9.34.